The lowest BCUT2D eigenvalue weighted by molar-refractivity contribution is -0.166. The highest BCUT2D eigenvalue weighted by Crippen LogP contribution is 2.63. The Balaban J connectivity index is 2.04. The van der Waals surface area contributed by atoms with Crippen LogP contribution in [0.5, 0.6) is 0 Å². The second-order valence-corrected chi connectivity index (χ2v) is 8.97. The number of aliphatic hydroxyl groups is 3. The number of allylic oxidation sites excluding steroid dienone is 2. The Labute approximate surface area is 140 Å². The first-order valence-electron chi connectivity index (χ1n) is 9.03. The molecule has 23 heavy (non-hydrogen) atoms. The minimum absolute atomic E-state index is 0.0166. The highest BCUT2D eigenvalue weighted by Gasteiger charge is 2.60. The van der Waals surface area contributed by atoms with E-state index in [1.165, 1.54) is 5.57 Å². The van der Waals surface area contributed by atoms with Gasteiger partial charge in [0.05, 0.1) is 18.8 Å². The van der Waals surface area contributed by atoms with Crippen molar-refractivity contribution in [3.05, 3.63) is 24.3 Å². The summed E-state index contributed by atoms with van der Waals surface area (Å²) in [6, 6.07) is 0. The largest absolute Gasteiger partial charge is 0.396 e. The number of hydrogen-bond acceptors (Lipinski definition) is 3. The van der Waals surface area contributed by atoms with E-state index in [9.17, 15) is 15.3 Å². The van der Waals surface area contributed by atoms with Crippen molar-refractivity contribution in [3.8, 4) is 0 Å². The van der Waals surface area contributed by atoms with Gasteiger partial charge in [0.25, 0.3) is 0 Å². The fraction of sp³-hybridized carbons (Fsp3) is 0.800. The van der Waals surface area contributed by atoms with Crippen molar-refractivity contribution < 1.29 is 15.3 Å². The summed E-state index contributed by atoms with van der Waals surface area (Å²) in [6.45, 7) is 10.5. The minimum Gasteiger partial charge on any atom is -0.396 e. The number of rotatable bonds is 2. The van der Waals surface area contributed by atoms with E-state index < -0.39 is 17.6 Å². The summed E-state index contributed by atoms with van der Waals surface area (Å²) in [5.74, 6) is 0.497. The van der Waals surface area contributed by atoms with Crippen molar-refractivity contribution in [1.29, 1.82) is 0 Å². The van der Waals surface area contributed by atoms with E-state index in [0.29, 0.717) is 12.3 Å². The summed E-state index contributed by atoms with van der Waals surface area (Å²) in [6.07, 6.45) is 7.76. The van der Waals surface area contributed by atoms with Crippen molar-refractivity contribution in [3.63, 3.8) is 0 Å². The molecule has 7 atom stereocenters. The molecular formula is C20H32O3. The monoisotopic (exact) mass is 320 g/mol. The standard InChI is InChI=1S/C20H32O3/c1-5-18(2)8-6-14-13(11-18)15(22)10-16-19(14,3)9-7-17(23)20(16,4)12-21/h5,11,14-17,21-23H,1,6-10,12H2,2-4H3. The molecule has 7 unspecified atom stereocenters. The van der Waals surface area contributed by atoms with Crippen LogP contribution in [0.4, 0.5) is 0 Å². The van der Waals surface area contributed by atoms with E-state index in [1.807, 2.05) is 13.0 Å². The molecule has 0 bridgehead atoms. The van der Waals surface area contributed by atoms with Crippen molar-refractivity contribution in [2.24, 2.45) is 28.1 Å². The maximum atomic E-state index is 10.8. The summed E-state index contributed by atoms with van der Waals surface area (Å²) >= 11 is 0. The van der Waals surface area contributed by atoms with E-state index in [1.54, 1.807) is 0 Å². The Kier molecular flexibility index (Phi) is 4.06. The summed E-state index contributed by atoms with van der Waals surface area (Å²) in [4.78, 5) is 0. The van der Waals surface area contributed by atoms with Crippen molar-refractivity contribution >= 4 is 0 Å². The molecule has 0 radical (unpaired) electrons. The zero-order valence-corrected chi connectivity index (χ0v) is 14.8. The van der Waals surface area contributed by atoms with Gasteiger partial charge in [0.2, 0.25) is 0 Å². The molecule has 2 fully saturated rings. The van der Waals surface area contributed by atoms with Gasteiger partial charge in [-0.3, -0.25) is 0 Å². The molecule has 0 spiro atoms. The number of aliphatic hydroxyl groups excluding tert-OH is 3. The maximum absolute atomic E-state index is 10.8. The minimum atomic E-state index is -0.515. The molecular weight excluding hydrogens is 288 g/mol. The van der Waals surface area contributed by atoms with Gasteiger partial charge in [0, 0.05) is 10.8 Å². The third-order valence-corrected chi connectivity index (χ3v) is 7.63. The van der Waals surface area contributed by atoms with Crippen LogP contribution < -0.4 is 0 Å². The lowest BCUT2D eigenvalue weighted by Gasteiger charge is -2.62. The van der Waals surface area contributed by atoms with Gasteiger partial charge >= 0.3 is 0 Å². The predicted octanol–water partition coefficient (Wildman–Crippen LogP) is 3.06. The van der Waals surface area contributed by atoms with Crippen molar-refractivity contribution in [2.45, 2.75) is 65.1 Å². The zero-order chi connectivity index (χ0) is 17.0. The molecule has 0 amide bonds. The Morgan fingerprint density at radius 3 is 2.52 bits per heavy atom. The average Bonchev–Trinajstić information content (AvgIpc) is 2.54. The first-order valence-corrected chi connectivity index (χ1v) is 9.03. The molecule has 3 N–H and O–H groups in total. The molecule has 0 aromatic rings. The first-order chi connectivity index (χ1) is 10.7. The van der Waals surface area contributed by atoms with Crippen LogP contribution in [0.25, 0.3) is 0 Å². The summed E-state index contributed by atoms with van der Waals surface area (Å²) in [5.41, 5.74) is 0.682. The van der Waals surface area contributed by atoms with Crippen LogP contribution in [-0.2, 0) is 0 Å². The third-order valence-electron chi connectivity index (χ3n) is 7.63. The van der Waals surface area contributed by atoms with Gasteiger partial charge in [-0.15, -0.1) is 6.58 Å². The Morgan fingerprint density at radius 2 is 1.91 bits per heavy atom. The molecule has 0 aliphatic heterocycles. The van der Waals surface area contributed by atoms with E-state index >= 15 is 0 Å². The summed E-state index contributed by atoms with van der Waals surface area (Å²) in [5, 5.41) is 31.4. The quantitative estimate of drug-likeness (QED) is 0.685. The molecule has 0 aromatic heterocycles. The lowest BCUT2D eigenvalue weighted by atomic mass is 9.44. The second kappa shape index (κ2) is 5.44. The molecule has 0 saturated heterocycles. The fourth-order valence-electron chi connectivity index (χ4n) is 5.84. The van der Waals surface area contributed by atoms with Gasteiger partial charge < -0.3 is 15.3 Å². The van der Waals surface area contributed by atoms with E-state index in [0.717, 1.165) is 25.7 Å². The SMILES string of the molecule is C=CC1(C)C=C2C(O)CC3C(C)(CO)C(O)CCC3(C)C2CC1. The molecule has 3 aliphatic carbocycles. The van der Waals surface area contributed by atoms with Gasteiger partial charge in [-0.25, -0.2) is 0 Å². The molecule has 3 aliphatic rings. The van der Waals surface area contributed by atoms with E-state index in [4.69, 9.17) is 0 Å². The van der Waals surface area contributed by atoms with Crippen molar-refractivity contribution in [2.75, 3.05) is 6.61 Å². The van der Waals surface area contributed by atoms with Gasteiger partial charge in [-0.2, -0.15) is 0 Å². The number of hydrogen-bond donors (Lipinski definition) is 3. The first kappa shape index (κ1) is 17.2. The van der Waals surface area contributed by atoms with Crippen LogP contribution in [0.1, 0.15) is 52.9 Å². The Hall–Kier alpha value is -0.640. The molecule has 0 aromatic carbocycles. The van der Waals surface area contributed by atoms with Crippen LogP contribution >= 0.6 is 0 Å². The molecule has 3 heteroatoms. The normalized spacial score (nSPS) is 53.0. The second-order valence-electron chi connectivity index (χ2n) is 8.97. The van der Waals surface area contributed by atoms with Crippen LogP contribution in [0.15, 0.2) is 24.3 Å². The molecule has 3 nitrogen and oxygen atoms in total. The maximum Gasteiger partial charge on any atom is 0.0756 e. The Bertz CT molecular complexity index is 527. The molecule has 0 heterocycles. The summed E-state index contributed by atoms with van der Waals surface area (Å²) in [7, 11) is 0. The van der Waals surface area contributed by atoms with Crippen molar-refractivity contribution in [1.82, 2.24) is 0 Å². The fourth-order valence-corrected chi connectivity index (χ4v) is 5.84. The highest BCUT2D eigenvalue weighted by molar-refractivity contribution is 5.30. The molecule has 2 saturated carbocycles. The smallest absolute Gasteiger partial charge is 0.0756 e. The Morgan fingerprint density at radius 1 is 1.22 bits per heavy atom. The van der Waals surface area contributed by atoms with Gasteiger partial charge in [0.15, 0.2) is 0 Å². The predicted molar refractivity (Wildman–Crippen MR) is 91.8 cm³/mol. The lowest BCUT2D eigenvalue weighted by Crippen LogP contribution is -2.60. The van der Waals surface area contributed by atoms with Crippen LogP contribution in [0.3, 0.4) is 0 Å². The van der Waals surface area contributed by atoms with E-state index in [2.05, 4.69) is 26.5 Å². The third kappa shape index (κ3) is 2.35. The topological polar surface area (TPSA) is 60.7 Å². The van der Waals surface area contributed by atoms with Gasteiger partial charge in [-0.1, -0.05) is 32.9 Å². The summed E-state index contributed by atoms with van der Waals surface area (Å²) < 4.78 is 0. The highest BCUT2D eigenvalue weighted by atomic mass is 16.3. The number of fused-ring (bicyclic) bond motifs is 3. The van der Waals surface area contributed by atoms with Crippen LogP contribution in [-0.4, -0.2) is 34.1 Å². The molecule has 3 rings (SSSR count). The van der Waals surface area contributed by atoms with Gasteiger partial charge in [-0.05, 0) is 54.9 Å². The molecule has 130 valence electrons. The van der Waals surface area contributed by atoms with Gasteiger partial charge in [0.1, 0.15) is 0 Å². The van der Waals surface area contributed by atoms with Crippen LogP contribution in [0.2, 0.25) is 0 Å². The van der Waals surface area contributed by atoms with E-state index in [-0.39, 0.29) is 23.4 Å². The average molecular weight is 320 g/mol. The van der Waals surface area contributed by atoms with Crippen LogP contribution in [0, 0.1) is 28.1 Å². The zero-order valence-electron chi connectivity index (χ0n) is 14.8.